The van der Waals surface area contributed by atoms with Crippen molar-refractivity contribution in [3.8, 4) is 11.6 Å². The largest absolute Gasteiger partial charge is 0.439 e. The van der Waals surface area contributed by atoms with Crippen LogP contribution in [0.1, 0.15) is 27.3 Å². The third-order valence-electron chi connectivity index (χ3n) is 5.20. The molecule has 0 radical (unpaired) electrons. The van der Waals surface area contributed by atoms with Gasteiger partial charge in [-0.05, 0) is 45.0 Å². The number of benzene rings is 2. The lowest BCUT2D eigenvalue weighted by Crippen LogP contribution is -2.49. The molecular weight excluding hydrogens is 376 g/mol. The lowest BCUT2D eigenvalue weighted by molar-refractivity contribution is 0.0746. The number of aryl methyl sites for hydroxylation is 3. The third kappa shape index (κ3) is 4.59. The van der Waals surface area contributed by atoms with Crippen LogP contribution in [-0.2, 0) is 0 Å². The van der Waals surface area contributed by atoms with Crippen LogP contribution < -0.4 is 9.64 Å². The van der Waals surface area contributed by atoms with E-state index in [2.05, 4.69) is 14.9 Å². The molecule has 6 nitrogen and oxygen atoms in total. The highest BCUT2D eigenvalue weighted by Crippen LogP contribution is 2.24. The highest BCUT2D eigenvalue weighted by Gasteiger charge is 2.23. The van der Waals surface area contributed by atoms with Gasteiger partial charge in [-0.1, -0.05) is 35.4 Å². The quantitative estimate of drug-likeness (QED) is 0.656. The highest BCUT2D eigenvalue weighted by molar-refractivity contribution is 5.94. The Morgan fingerprint density at radius 3 is 2.30 bits per heavy atom. The van der Waals surface area contributed by atoms with Gasteiger partial charge in [0.15, 0.2) is 0 Å². The zero-order chi connectivity index (χ0) is 21.1. The molecule has 0 saturated carbocycles. The monoisotopic (exact) mass is 402 g/mol. The first-order valence-electron chi connectivity index (χ1n) is 10.2. The molecule has 154 valence electrons. The summed E-state index contributed by atoms with van der Waals surface area (Å²) in [4.78, 5) is 25.9. The lowest BCUT2D eigenvalue weighted by atomic mass is 10.1. The van der Waals surface area contributed by atoms with Crippen molar-refractivity contribution < 1.29 is 9.53 Å². The Morgan fingerprint density at radius 2 is 1.60 bits per heavy atom. The number of nitrogens with zero attached hydrogens (tertiary/aromatic N) is 4. The molecule has 0 aliphatic carbocycles. The summed E-state index contributed by atoms with van der Waals surface area (Å²) in [6.07, 6.45) is 0. The van der Waals surface area contributed by atoms with Crippen molar-refractivity contribution >= 4 is 11.7 Å². The first kappa shape index (κ1) is 19.9. The van der Waals surface area contributed by atoms with Gasteiger partial charge >= 0.3 is 0 Å². The Morgan fingerprint density at radius 1 is 0.867 bits per heavy atom. The van der Waals surface area contributed by atoms with E-state index >= 15 is 0 Å². The predicted octanol–water partition coefficient (Wildman–Crippen LogP) is 4.16. The molecule has 30 heavy (non-hydrogen) atoms. The molecule has 4 rings (SSSR count). The first-order valence-corrected chi connectivity index (χ1v) is 10.2. The predicted molar refractivity (Wildman–Crippen MR) is 117 cm³/mol. The number of carbonyl (C=O) groups is 1. The number of aromatic nitrogens is 2. The van der Waals surface area contributed by atoms with Gasteiger partial charge in [0.1, 0.15) is 17.4 Å². The Hall–Kier alpha value is -3.41. The van der Waals surface area contributed by atoms with Crippen LogP contribution in [0, 0.1) is 20.8 Å². The van der Waals surface area contributed by atoms with Crippen molar-refractivity contribution in [3.63, 3.8) is 0 Å². The summed E-state index contributed by atoms with van der Waals surface area (Å²) in [5, 5.41) is 0. The number of hydrogen-bond acceptors (Lipinski definition) is 5. The molecule has 0 spiro atoms. The summed E-state index contributed by atoms with van der Waals surface area (Å²) in [6, 6.07) is 17.5. The van der Waals surface area contributed by atoms with Crippen LogP contribution in [0.2, 0.25) is 0 Å². The van der Waals surface area contributed by atoms with E-state index in [-0.39, 0.29) is 5.91 Å². The highest BCUT2D eigenvalue weighted by atomic mass is 16.5. The van der Waals surface area contributed by atoms with E-state index in [0.717, 1.165) is 35.8 Å². The molecule has 1 aliphatic rings. The van der Waals surface area contributed by atoms with Crippen LogP contribution in [-0.4, -0.2) is 47.0 Å². The van der Waals surface area contributed by atoms with Crippen LogP contribution in [0.5, 0.6) is 11.6 Å². The molecule has 3 aromatic rings. The molecule has 1 aliphatic heterocycles. The van der Waals surface area contributed by atoms with E-state index in [1.165, 1.54) is 5.56 Å². The average Bonchev–Trinajstić information content (AvgIpc) is 2.74. The van der Waals surface area contributed by atoms with Gasteiger partial charge in [0.2, 0.25) is 5.88 Å². The second-order valence-electron chi connectivity index (χ2n) is 7.68. The van der Waals surface area contributed by atoms with Crippen molar-refractivity contribution in [1.82, 2.24) is 14.9 Å². The Labute approximate surface area is 177 Å². The van der Waals surface area contributed by atoms with E-state index in [0.29, 0.717) is 24.8 Å². The molecule has 1 aromatic heterocycles. The van der Waals surface area contributed by atoms with Crippen molar-refractivity contribution in [1.29, 1.82) is 0 Å². The number of amides is 1. The van der Waals surface area contributed by atoms with E-state index in [1.54, 1.807) is 0 Å². The van der Waals surface area contributed by atoms with Crippen molar-refractivity contribution in [2.24, 2.45) is 0 Å². The minimum absolute atomic E-state index is 0.0839. The van der Waals surface area contributed by atoms with Crippen molar-refractivity contribution in [2.45, 2.75) is 20.8 Å². The van der Waals surface area contributed by atoms with Crippen LogP contribution in [0.4, 0.5) is 5.82 Å². The Balaban J connectivity index is 1.43. The maximum Gasteiger partial charge on any atom is 0.253 e. The number of piperazine rings is 1. The number of rotatable bonds is 4. The summed E-state index contributed by atoms with van der Waals surface area (Å²) < 4.78 is 5.93. The van der Waals surface area contributed by atoms with Crippen molar-refractivity contribution in [3.05, 3.63) is 77.1 Å². The summed E-state index contributed by atoms with van der Waals surface area (Å²) in [5.41, 5.74) is 3.02. The average molecular weight is 402 g/mol. The molecule has 2 heterocycles. The van der Waals surface area contributed by atoms with Crippen molar-refractivity contribution in [2.75, 3.05) is 31.1 Å². The van der Waals surface area contributed by atoms with E-state index in [9.17, 15) is 4.79 Å². The molecule has 1 fully saturated rings. The van der Waals surface area contributed by atoms with Gasteiger partial charge in [-0.2, -0.15) is 4.98 Å². The third-order valence-corrected chi connectivity index (χ3v) is 5.20. The summed E-state index contributed by atoms with van der Waals surface area (Å²) >= 11 is 0. The number of hydrogen-bond donors (Lipinski definition) is 0. The summed E-state index contributed by atoms with van der Waals surface area (Å²) in [7, 11) is 0. The minimum atomic E-state index is 0.0839. The number of anilines is 1. The standard InChI is InChI=1S/C24H26N4O2/c1-17-7-9-21(10-8-17)30-23-16-22(25-19(3)26-23)27-11-13-28(14-12-27)24(29)20-6-4-5-18(2)15-20/h4-10,15-16H,11-14H2,1-3H3. The SMILES string of the molecule is Cc1ccc(Oc2cc(N3CCN(C(=O)c4cccc(C)c4)CC3)nc(C)n2)cc1. The van der Waals surface area contributed by atoms with Gasteiger partial charge in [0.05, 0.1) is 0 Å². The second-order valence-corrected chi connectivity index (χ2v) is 7.68. The van der Waals surface area contributed by atoms with E-state index in [4.69, 9.17) is 4.74 Å². The van der Waals surface area contributed by atoms with Gasteiger partial charge in [-0.15, -0.1) is 0 Å². The molecular formula is C24H26N4O2. The molecule has 1 amide bonds. The lowest BCUT2D eigenvalue weighted by Gasteiger charge is -2.35. The fourth-order valence-corrected chi connectivity index (χ4v) is 3.57. The van der Waals surface area contributed by atoms with Crippen LogP contribution in [0.15, 0.2) is 54.6 Å². The molecule has 0 atom stereocenters. The fourth-order valence-electron chi connectivity index (χ4n) is 3.57. The summed E-state index contributed by atoms with van der Waals surface area (Å²) in [6.45, 7) is 8.66. The smallest absolute Gasteiger partial charge is 0.253 e. The van der Waals surface area contributed by atoms with Gasteiger partial charge in [-0.3, -0.25) is 4.79 Å². The fraction of sp³-hybridized carbons (Fsp3) is 0.292. The normalized spacial score (nSPS) is 14.0. The first-order chi connectivity index (χ1) is 14.5. The number of ether oxygens (including phenoxy) is 1. The van der Waals surface area contributed by atoms with Crippen LogP contribution in [0.3, 0.4) is 0 Å². The zero-order valence-corrected chi connectivity index (χ0v) is 17.6. The molecule has 0 N–H and O–H groups in total. The van der Waals surface area contributed by atoms with Gasteiger partial charge in [0.25, 0.3) is 5.91 Å². The molecule has 2 aromatic carbocycles. The molecule has 0 unspecified atom stereocenters. The molecule has 6 heteroatoms. The Bertz CT molecular complexity index is 1040. The second kappa shape index (κ2) is 8.53. The van der Waals surface area contributed by atoms with Gasteiger partial charge < -0.3 is 14.5 Å². The maximum absolute atomic E-state index is 12.8. The van der Waals surface area contributed by atoms with E-state index < -0.39 is 0 Å². The Kier molecular flexibility index (Phi) is 5.65. The van der Waals surface area contributed by atoms with E-state index in [1.807, 2.05) is 80.3 Å². The summed E-state index contributed by atoms with van der Waals surface area (Å²) in [5.74, 6) is 2.85. The van der Waals surface area contributed by atoms with Crippen LogP contribution >= 0.6 is 0 Å². The topological polar surface area (TPSA) is 58.6 Å². The number of carbonyl (C=O) groups excluding carboxylic acids is 1. The van der Waals surface area contributed by atoms with Gasteiger partial charge in [0, 0.05) is 37.8 Å². The van der Waals surface area contributed by atoms with Gasteiger partial charge in [-0.25, -0.2) is 4.98 Å². The zero-order valence-electron chi connectivity index (χ0n) is 17.6. The van der Waals surface area contributed by atoms with Crippen LogP contribution in [0.25, 0.3) is 0 Å². The minimum Gasteiger partial charge on any atom is -0.439 e. The molecule has 0 bridgehead atoms. The molecule has 1 saturated heterocycles. The maximum atomic E-state index is 12.8.